The highest BCUT2D eigenvalue weighted by Gasteiger charge is 2.19. The monoisotopic (exact) mass is 250 g/mol. The maximum Gasteiger partial charge on any atom is 0.231 e. The largest absolute Gasteiger partial charge is 0.454 e. The van der Waals surface area contributed by atoms with E-state index >= 15 is 0 Å². The van der Waals surface area contributed by atoms with Crippen molar-refractivity contribution >= 4 is 0 Å². The van der Waals surface area contributed by atoms with Gasteiger partial charge in [0, 0.05) is 18.6 Å². The number of likely N-dealkylation sites (N-methyl/N-ethyl adjacent to an activating group) is 1. The number of ether oxygens (including phenoxy) is 2. The molecule has 1 heterocycles. The summed E-state index contributed by atoms with van der Waals surface area (Å²) in [6.07, 6.45) is 0. The van der Waals surface area contributed by atoms with Gasteiger partial charge in [0.1, 0.15) is 0 Å². The number of rotatable bonds is 5. The van der Waals surface area contributed by atoms with E-state index in [1.54, 1.807) is 0 Å². The Morgan fingerprint density at radius 3 is 2.50 bits per heavy atom. The molecule has 2 N–H and O–H groups in total. The quantitative estimate of drug-likeness (QED) is 0.838. The number of nitrogens with one attached hydrogen (secondary N) is 2. The number of hydrogen-bond acceptors (Lipinski definition) is 4. The summed E-state index contributed by atoms with van der Waals surface area (Å²) in [6, 6.07) is 4.90. The van der Waals surface area contributed by atoms with Gasteiger partial charge in [0.2, 0.25) is 6.79 Å². The highest BCUT2D eigenvalue weighted by molar-refractivity contribution is 5.49. The molecule has 0 spiro atoms. The maximum atomic E-state index is 5.44. The molecule has 0 aliphatic carbocycles. The lowest BCUT2D eigenvalue weighted by Gasteiger charge is -2.21. The van der Waals surface area contributed by atoms with Crippen LogP contribution in [0, 0.1) is 6.92 Å². The molecular weight excluding hydrogens is 228 g/mol. The average Bonchev–Trinajstić information content (AvgIpc) is 2.76. The fraction of sp³-hybridized carbons (Fsp3) is 0.571. The molecule has 0 radical (unpaired) electrons. The second-order valence-corrected chi connectivity index (χ2v) is 4.97. The van der Waals surface area contributed by atoms with Gasteiger partial charge in [0.15, 0.2) is 11.5 Å². The van der Waals surface area contributed by atoms with Gasteiger partial charge in [-0.1, -0.05) is 13.8 Å². The first-order valence-electron chi connectivity index (χ1n) is 6.42. The molecule has 1 unspecified atom stereocenters. The minimum absolute atomic E-state index is 0.280. The van der Waals surface area contributed by atoms with Crippen LogP contribution in [0.3, 0.4) is 0 Å². The molecule has 0 fully saturated rings. The minimum atomic E-state index is 0.280. The van der Waals surface area contributed by atoms with E-state index in [1.165, 1.54) is 11.1 Å². The van der Waals surface area contributed by atoms with Crippen molar-refractivity contribution in [2.24, 2.45) is 0 Å². The lowest BCUT2D eigenvalue weighted by Crippen LogP contribution is -2.33. The molecule has 4 heteroatoms. The molecule has 4 nitrogen and oxygen atoms in total. The molecule has 18 heavy (non-hydrogen) atoms. The molecule has 0 bridgehead atoms. The Labute approximate surface area is 109 Å². The van der Waals surface area contributed by atoms with Gasteiger partial charge in [0.05, 0.1) is 0 Å². The number of hydrogen-bond donors (Lipinski definition) is 2. The third kappa shape index (κ3) is 2.76. The van der Waals surface area contributed by atoms with E-state index in [0.717, 1.165) is 18.0 Å². The highest BCUT2D eigenvalue weighted by atomic mass is 16.7. The smallest absolute Gasteiger partial charge is 0.231 e. The Morgan fingerprint density at radius 1 is 1.22 bits per heavy atom. The third-order valence-electron chi connectivity index (χ3n) is 3.22. The molecule has 100 valence electrons. The molecule has 0 saturated carbocycles. The minimum Gasteiger partial charge on any atom is -0.454 e. The molecular formula is C14H22N2O2. The second-order valence-electron chi connectivity index (χ2n) is 4.97. The van der Waals surface area contributed by atoms with Crippen molar-refractivity contribution in [1.82, 2.24) is 10.6 Å². The zero-order chi connectivity index (χ0) is 13.1. The number of aryl methyl sites for hydroxylation is 1. The molecule has 1 aromatic rings. The van der Waals surface area contributed by atoms with Gasteiger partial charge in [-0.2, -0.15) is 0 Å². The summed E-state index contributed by atoms with van der Waals surface area (Å²) >= 11 is 0. The van der Waals surface area contributed by atoms with Crippen molar-refractivity contribution < 1.29 is 9.47 Å². The summed E-state index contributed by atoms with van der Waals surface area (Å²) in [6.45, 7) is 7.64. The summed E-state index contributed by atoms with van der Waals surface area (Å²) in [5.74, 6) is 1.70. The first-order chi connectivity index (χ1) is 8.61. The molecule has 1 aromatic carbocycles. The summed E-state index contributed by atoms with van der Waals surface area (Å²) in [5, 5.41) is 6.80. The Bertz CT molecular complexity index is 419. The van der Waals surface area contributed by atoms with Crippen LogP contribution >= 0.6 is 0 Å². The molecule has 1 aliphatic heterocycles. The van der Waals surface area contributed by atoms with E-state index in [2.05, 4.69) is 43.5 Å². The summed E-state index contributed by atoms with van der Waals surface area (Å²) in [4.78, 5) is 0. The van der Waals surface area contributed by atoms with Crippen molar-refractivity contribution in [3.05, 3.63) is 23.3 Å². The fourth-order valence-electron chi connectivity index (χ4n) is 2.16. The molecule has 1 atom stereocenters. The van der Waals surface area contributed by atoms with Crippen molar-refractivity contribution in [1.29, 1.82) is 0 Å². The van der Waals surface area contributed by atoms with E-state index in [-0.39, 0.29) is 6.04 Å². The lowest BCUT2D eigenvalue weighted by atomic mass is 10.00. The number of benzene rings is 1. The van der Waals surface area contributed by atoms with Crippen LogP contribution < -0.4 is 20.1 Å². The Morgan fingerprint density at radius 2 is 1.89 bits per heavy atom. The van der Waals surface area contributed by atoms with Gasteiger partial charge in [-0.25, -0.2) is 0 Å². The van der Waals surface area contributed by atoms with Gasteiger partial charge in [-0.05, 0) is 37.2 Å². The van der Waals surface area contributed by atoms with E-state index in [1.807, 2.05) is 7.05 Å². The molecule has 2 rings (SSSR count). The SMILES string of the molecule is CNC(CNC(C)C)c1cc2c(cc1C)OCO2. The second kappa shape index (κ2) is 5.59. The first kappa shape index (κ1) is 13.2. The zero-order valence-corrected chi connectivity index (χ0v) is 11.5. The van der Waals surface area contributed by atoms with Crippen LogP contribution in [0.25, 0.3) is 0 Å². The summed E-state index contributed by atoms with van der Waals surface area (Å²) in [5.41, 5.74) is 2.49. The standard InChI is InChI=1S/C14H22N2O2/c1-9(2)16-7-12(15-4)11-6-14-13(5-10(11)3)17-8-18-14/h5-6,9,12,15-16H,7-8H2,1-4H3. The Balaban J connectivity index is 2.19. The van der Waals surface area contributed by atoms with E-state index < -0.39 is 0 Å². The van der Waals surface area contributed by atoms with Gasteiger partial charge < -0.3 is 20.1 Å². The third-order valence-corrected chi connectivity index (χ3v) is 3.22. The number of fused-ring (bicyclic) bond motifs is 1. The Hall–Kier alpha value is -1.26. The highest BCUT2D eigenvalue weighted by Crippen LogP contribution is 2.36. The molecule has 0 aromatic heterocycles. The topological polar surface area (TPSA) is 42.5 Å². The van der Waals surface area contributed by atoms with E-state index in [0.29, 0.717) is 12.8 Å². The van der Waals surface area contributed by atoms with Crippen molar-refractivity contribution in [3.63, 3.8) is 0 Å². The van der Waals surface area contributed by atoms with Crippen molar-refractivity contribution in [2.75, 3.05) is 20.4 Å². The first-order valence-corrected chi connectivity index (χ1v) is 6.42. The van der Waals surface area contributed by atoms with Crippen molar-refractivity contribution in [3.8, 4) is 11.5 Å². The van der Waals surface area contributed by atoms with Crippen LogP contribution in [0.4, 0.5) is 0 Å². The van der Waals surface area contributed by atoms with Crippen LogP contribution in [-0.4, -0.2) is 26.4 Å². The average molecular weight is 250 g/mol. The summed E-state index contributed by atoms with van der Waals surface area (Å²) < 4.78 is 10.8. The normalized spacial score (nSPS) is 15.2. The molecule has 0 saturated heterocycles. The molecule has 1 aliphatic rings. The van der Waals surface area contributed by atoms with Crippen LogP contribution in [0.1, 0.15) is 31.0 Å². The van der Waals surface area contributed by atoms with Crippen LogP contribution in [0.2, 0.25) is 0 Å². The maximum absolute atomic E-state index is 5.44. The van der Waals surface area contributed by atoms with E-state index in [9.17, 15) is 0 Å². The predicted octanol–water partition coefficient (Wildman–Crippen LogP) is 1.98. The van der Waals surface area contributed by atoms with E-state index in [4.69, 9.17) is 9.47 Å². The van der Waals surface area contributed by atoms with Crippen LogP contribution in [0.5, 0.6) is 11.5 Å². The van der Waals surface area contributed by atoms with Crippen LogP contribution in [0.15, 0.2) is 12.1 Å². The summed E-state index contributed by atoms with van der Waals surface area (Å²) in [7, 11) is 1.98. The Kier molecular flexibility index (Phi) is 4.09. The van der Waals surface area contributed by atoms with Crippen molar-refractivity contribution in [2.45, 2.75) is 32.9 Å². The van der Waals surface area contributed by atoms with Gasteiger partial charge in [-0.3, -0.25) is 0 Å². The van der Waals surface area contributed by atoms with Gasteiger partial charge >= 0.3 is 0 Å². The zero-order valence-electron chi connectivity index (χ0n) is 11.5. The van der Waals surface area contributed by atoms with Crippen LogP contribution in [-0.2, 0) is 0 Å². The fourth-order valence-corrected chi connectivity index (χ4v) is 2.16. The predicted molar refractivity (Wildman–Crippen MR) is 72.2 cm³/mol. The molecule has 0 amide bonds. The van der Waals surface area contributed by atoms with Gasteiger partial charge in [-0.15, -0.1) is 0 Å². The lowest BCUT2D eigenvalue weighted by molar-refractivity contribution is 0.174. The van der Waals surface area contributed by atoms with Gasteiger partial charge in [0.25, 0.3) is 0 Å².